The van der Waals surface area contributed by atoms with Crippen LogP contribution in [0.15, 0.2) is 24.3 Å². The molecule has 0 aliphatic carbocycles. The number of nitrogens with one attached hydrogen (secondary N) is 1. The van der Waals surface area contributed by atoms with Crippen LogP contribution in [0.3, 0.4) is 0 Å². The molecular weight excluding hydrogens is 208 g/mol. The van der Waals surface area contributed by atoms with E-state index in [-0.39, 0.29) is 0 Å². The van der Waals surface area contributed by atoms with Crippen LogP contribution in [0, 0.1) is 12.8 Å². The zero-order chi connectivity index (χ0) is 12.7. The monoisotopic (exact) mass is 234 g/mol. The van der Waals surface area contributed by atoms with E-state index in [1.807, 2.05) is 0 Å². The van der Waals surface area contributed by atoms with Gasteiger partial charge in [0.15, 0.2) is 0 Å². The number of para-hydroxylation sites is 1. The molecule has 0 spiro atoms. The Labute approximate surface area is 106 Å². The third kappa shape index (κ3) is 5.22. The van der Waals surface area contributed by atoms with Crippen LogP contribution < -0.4 is 5.32 Å². The molecule has 0 aliphatic heterocycles. The highest BCUT2D eigenvalue weighted by atomic mass is 15.1. The summed E-state index contributed by atoms with van der Waals surface area (Å²) in [6.07, 6.45) is 1.26. The first-order valence-corrected chi connectivity index (χ1v) is 6.61. The summed E-state index contributed by atoms with van der Waals surface area (Å²) >= 11 is 0. The molecule has 1 N–H and O–H groups in total. The molecule has 2 heteroatoms. The highest BCUT2D eigenvalue weighted by Crippen LogP contribution is 2.12. The second-order valence-corrected chi connectivity index (χ2v) is 5.02. The maximum absolute atomic E-state index is 3.49. The minimum Gasteiger partial charge on any atom is -0.384 e. The predicted molar refractivity (Wildman–Crippen MR) is 76.6 cm³/mol. The third-order valence-corrected chi connectivity index (χ3v) is 3.27. The van der Waals surface area contributed by atoms with Gasteiger partial charge in [0.05, 0.1) is 0 Å². The van der Waals surface area contributed by atoms with Gasteiger partial charge >= 0.3 is 0 Å². The number of likely N-dealkylation sites (N-methyl/N-ethyl adjacent to an activating group) is 1. The molecular formula is C15H26N2. The summed E-state index contributed by atoms with van der Waals surface area (Å²) in [5.74, 6) is 0.790. The molecule has 0 bridgehead atoms. The number of anilines is 1. The highest BCUT2D eigenvalue weighted by Gasteiger charge is 2.04. The van der Waals surface area contributed by atoms with Crippen LogP contribution in [0.25, 0.3) is 0 Å². The van der Waals surface area contributed by atoms with Crippen LogP contribution in [-0.2, 0) is 0 Å². The van der Waals surface area contributed by atoms with Crippen molar-refractivity contribution in [3.05, 3.63) is 29.8 Å². The van der Waals surface area contributed by atoms with E-state index in [2.05, 4.69) is 62.3 Å². The molecule has 96 valence electrons. The van der Waals surface area contributed by atoms with E-state index in [0.717, 1.165) is 19.0 Å². The number of benzene rings is 1. The molecule has 1 aromatic rings. The lowest BCUT2D eigenvalue weighted by atomic mass is 10.1. The number of hydrogen-bond donors (Lipinski definition) is 1. The van der Waals surface area contributed by atoms with E-state index >= 15 is 0 Å². The Morgan fingerprint density at radius 1 is 1.29 bits per heavy atom. The van der Waals surface area contributed by atoms with Crippen LogP contribution in [0.5, 0.6) is 0 Å². The van der Waals surface area contributed by atoms with Gasteiger partial charge in [0.25, 0.3) is 0 Å². The molecule has 1 aromatic carbocycles. The molecule has 0 fully saturated rings. The average molecular weight is 234 g/mol. The van der Waals surface area contributed by atoms with Crippen LogP contribution in [0.1, 0.15) is 25.8 Å². The summed E-state index contributed by atoms with van der Waals surface area (Å²) in [5, 5.41) is 3.49. The fourth-order valence-corrected chi connectivity index (χ4v) is 1.91. The van der Waals surface area contributed by atoms with Crippen molar-refractivity contribution in [2.75, 3.05) is 32.0 Å². The zero-order valence-electron chi connectivity index (χ0n) is 11.7. The summed E-state index contributed by atoms with van der Waals surface area (Å²) in [6.45, 7) is 10.0. The van der Waals surface area contributed by atoms with Gasteiger partial charge in [0.2, 0.25) is 0 Å². The molecule has 1 atom stereocenters. The van der Waals surface area contributed by atoms with Crippen LogP contribution in [-0.4, -0.2) is 31.6 Å². The Bertz CT molecular complexity index is 322. The van der Waals surface area contributed by atoms with Crippen LogP contribution >= 0.6 is 0 Å². The van der Waals surface area contributed by atoms with Crippen molar-refractivity contribution in [1.82, 2.24) is 4.90 Å². The Kier molecular flexibility index (Phi) is 6.06. The molecule has 0 heterocycles. The molecule has 2 nitrogen and oxygen atoms in total. The first kappa shape index (κ1) is 14.0. The Hall–Kier alpha value is -1.02. The van der Waals surface area contributed by atoms with E-state index in [1.54, 1.807) is 0 Å². The predicted octanol–water partition coefficient (Wildman–Crippen LogP) is 3.38. The summed E-state index contributed by atoms with van der Waals surface area (Å²) < 4.78 is 0. The lowest BCUT2D eigenvalue weighted by Crippen LogP contribution is -2.29. The van der Waals surface area contributed by atoms with Crippen molar-refractivity contribution < 1.29 is 0 Å². The summed E-state index contributed by atoms with van der Waals surface area (Å²) in [6, 6.07) is 8.45. The summed E-state index contributed by atoms with van der Waals surface area (Å²) in [4.78, 5) is 2.40. The standard InChI is InChI=1S/C15H26N2/c1-5-13(2)12-17(4)11-10-16-15-9-7-6-8-14(15)3/h6-9,13,16H,5,10-12H2,1-4H3. The molecule has 1 unspecified atom stereocenters. The van der Waals surface area contributed by atoms with Gasteiger partial charge < -0.3 is 10.2 Å². The summed E-state index contributed by atoms with van der Waals surface area (Å²) in [7, 11) is 2.20. The van der Waals surface area contributed by atoms with E-state index in [1.165, 1.54) is 24.2 Å². The molecule has 1 rings (SSSR count). The van der Waals surface area contributed by atoms with Gasteiger partial charge in [-0.25, -0.2) is 0 Å². The van der Waals surface area contributed by atoms with Gasteiger partial charge in [-0.2, -0.15) is 0 Å². The number of hydrogen-bond acceptors (Lipinski definition) is 2. The third-order valence-electron chi connectivity index (χ3n) is 3.27. The molecule has 0 radical (unpaired) electrons. The second kappa shape index (κ2) is 7.33. The molecule has 0 aliphatic rings. The maximum Gasteiger partial charge on any atom is 0.0370 e. The first-order valence-electron chi connectivity index (χ1n) is 6.61. The van der Waals surface area contributed by atoms with Crippen molar-refractivity contribution >= 4 is 5.69 Å². The molecule has 0 aromatic heterocycles. The van der Waals surface area contributed by atoms with E-state index in [4.69, 9.17) is 0 Å². The largest absolute Gasteiger partial charge is 0.384 e. The summed E-state index contributed by atoms with van der Waals surface area (Å²) in [5.41, 5.74) is 2.57. The molecule has 0 amide bonds. The van der Waals surface area contributed by atoms with Crippen LogP contribution in [0.4, 0.5) is 5.69 Å². The van der Waals surface area contributed by atoms with Gasteiger partial charge in [-0.15, -0.1) is 0 Å². The van der Waals surface area contributed by atoms with Gasteiger partial charge in [-0.1, -0.05) is 38.5 Å². The number of nitrogens with zero attached hydrogens (tertiary/aromatic N) is 1. The lowest BCUT2D eigenvalue weighted by Gasteiger charge is -2.21. The highest BCUT2D eigenvalue weighted by molar-refractivity contribution is 5.50. The number of rotatable bonds is 7. The first-order chi connectivity index (χ1) is 8.13. The van der Waals surface area contributed by atoms with E-state index in [0.29, 0.717) is 0 Å². The maximum atomic E-state index is 3.49. The SMILES string of the molecule is CCC(C)CN(C)CCNc1ccccc1C. The Morgan fingerprint density at radius 2 is 2.00 bits per heavy atom. The van der Waals surface area contributed by atoms with Gasteiger partial charge in [-0.05, 0) is 31.5 Å². The van der Waals surface area contributed by atoms with Crippen molar-refractivity contribution in [3.8, 4) is 0 Å². The van der Waals surface area contributed by atoms with Gasteiger partial charge in [0, 0.05) is 25.3 Å². The molecule has 0 saturated heterocycles. The topological polar surface area (TPSA) is 15.3 Å². The van der Waals surface area contributed by atoms with Crippen molar-refractivity contribution in [3.63, 3.8) is 0 Å². The Balaban J connectivity index is 2.26. The fraction of sp³-hybridized carbons (Fsp3) is 0.600. The normalized spacial score (nSPS) is 12.8. The minimum atomic E-state index is 0.790. The number of aryl methyl sites for hydroxylation is 1. The fourth-order valence-electron chi connectivity index (χ4n) is 1.91. The second-order valence-electron chi connectivity index (χ2n) is 5.02. The average Bonchev–Trinajstić information content (AvgIpc) is 2.31. The minimum absolute atomic E-state index is 0.790. The van der Waals surface area contributed by atoms with Crippen molar-refractivity contribution in [2.45, 2.75) is 27.2 Å². The van der Waals surface area contributed by atoms with Crippen LogP contribution in [0.2, 0.25) is 0 Å². The zero-order valence-corrected chi connectivity index (χ0v) is 11.7. The van der Waals surface area contributed by atoms with Gasteiger partial charge in [0.1, 0.15) is 0 Å². The van der Waals surface area contributed by atoms with Gasteiger partial charge in [-0.3, -0.25) is 0 Å². The van der Waals surface area contributed by atoms with Crippen molar-refractivity contribution in [1.29, 1.82) is 0 Å². The molecule has 0 saturated carbocycles. The quantitative estimate of drug-likeness (QED) is 0.778. The lowest BCUT2D eigenvalue weighted by molar-refractivity contribution is 0.291. The van der Waals surface area contributed by atoms with Crippen molar-refractivity contribution in [2.24, 2.45) is 5.92 Å². The Morgan fingerprint density at radius 3 is 2.65 bits per heavy atom. The van der Waals surface area contributed by atoms with E-state index < -0.39 is 0 Å². The smallest absolute Gasteiger partial charge is 0.0370 e. The molecule has 17 heavy (non-hydrogen) atoms. The van der Waals surface area contributed by atoms with E-state index in [9.17, 15) is 0 Å².